The monoisotopic (exact) mass is 227 g/mol. The zero-order valence-corrected chi connectivity index (χ0v) is 10.8. The van der Waals surface area contributed by atoms with Gasteiger partial charge < -0.3 is 16.0 Å². The van der Waals surface area contributed by atoms with E-state index in [2.05, 4.69) is 24.3 Å². The van der Waals surface area contributed by atoms with Gasteiger partial charge in [-0.1, -0.05) is 13.3 Å². The molecule has 1 aliphatic rings. The van der Waals surface area contributed by atoms with Gasteiger partial charge in [0.25, 0.3) is 0 Å². The van der Waals surface area contributed by atoms with E-state index in [0.29, 0.717) is 0 Å². The first-order valence-electron chi connectivity index (χ1n) is 6.22. The van der Waals surface area contributed by atoms with Crippen molar-refractivity contribution in [1.29, 1.82) is 0 Å². The highest BCUT2D eigenvalue weighted by molar-refractivity contribution is 5.81. The van der Waals surface area contributed by atoms with Crippen molar-refractivity contribution in [2.75, 3.05) is 20.6 Å². The fourth-order valence-corrected chi connectivity index (χ4v) is 2.19. The Bertz CT molecular complexity index is 236. The lowest BCUT2D eigenvalue weighted by Gasteiger charge is -2.47. The number of nitrogens with zero attached hydrogens (tertiary/aromatic N) is 1. The van der Waals surface area contributed by atoms with E-state index in [1.54, 1.807) is 0 Å². The number of likely N-dealkylation sites (N-methyl/N-ethyl adjacent to an activating group) is 1. The first-order chi connectivity index (χ1) is 7.52. The maximum absolute atomic E-state index is 11.7. The van der Waals surface area contributed by atoms with Crippen molar-refractivity contribution in [3.63, 3.8) is 0 Å². The molecule has 0 aliphatic heterocycles. The third-order valence-electron chi connectivity index (χ3n) is 3.76. The molecule has 0 aromatic carbocycles. The van der Waals surface area contributed by atoms with Crippen LogP contribution in [0.15, 0.2) is 0 Å². The molecule has 4 heteroatoms. The largest absolute Gasteiger partial charge is 0.353 e. The molecule has 3 N–H and O–H groups in total. The van der Waals surface area contributed by atoms with Crippen LogP contribution in [0.3, 0.4) is 0 Å². The zero-order chi connectivity index (χ0) is 12.2. The Labute approximate surface area is 98.6 Å². The van der Waals surface area contributed by atoms with Crippen molar-refractivity contribution in [1.82, 2.24) is 10.2 Å². The SMILES string of the molecule is CCCC(N)C(=O)NCC1(N(C)C)CCC1. The predicted molar refractivity (Wildman–Crippen MR) is 66.2 cm³/mol. The lowest BCUT2D eigenvalue weighted by atomic mass is 9.75. The molecule has 16 heavy (non-hydrogen) atoms. The lowest BCUT2D eigenvalue weighted by Crippen LogP contribution is -2.58. The summed E-state index contributed by atoms with van der Waals surface area (Å²) in [6.07, 6.45) is 5.32. The molecule has 0 spiro atoms. The van der Waals surface area contributed by atoms with Crippen molar-refractivity contribution < 1.29 is 4.79 Å². The van der Waals surface area contributed by atoms with Gasteiger partial charge in [-0.25, -0.2) is 0 Å². The van der Waals surface area contributed by atoms with Crippen LogP contribution in [0.2, 0.25) is 0 Å². The molecule has 1 atom stereocenters. The predicted octanol–water partition coefficient (Wildman–Crippen LogP) is 0.714. The van der Waals surface area contributed by atoms with Gasteiger partial charge in [0, 0.05) is 12.1 Å². The molecule has 0 heterocycles. The zero-order valence-electron chi connectivity index (χ0n) is 10.8. The minimum atomic E-state index is -0.343. The average Bonchev–Trinajstić information content (AvgIpc) is 2.15. The van der Waals surface area contributed by atoms with E-state index in [4.69, 9.17) is 5.73 Å². The quantitative estimate of drug-likeness (QED) is 0.703. The number of nitrogens with two attached hydrogens (primary N) is 1. The van der Waals surface area contributed by atoms with Gasteiger partial charge in [-0.05, 0) is 39.8 Å². The molecule has 0 saturated heterocycles. The molecule has 0 aromatic rings. The number of hydrogen-bond donors (Lipinski definition) is 2. The Morgan fingerprint density at radius 2 is 2.12 bits per heavy atom. The highest BCUT2D eigenvalue weighted by Crippen LogP contribution is 2.35. The Hall–Kier alpha value is -0.610. The van der Waals surface area contributed by atoms with E-state index < -0.39 is 0 Å². The molecule has 0 aromatic heterocycles. The summed E-state index contributed by atoms with van der Waals surface area (Å²) in [6.45, 7) is 2.77. The Balaban J connectivity index is 2.35. The molecular weight excluding hydrogens is 202 g/mol. The molecule has 1 fully saturated rings. The second kappa shape index (κ2) is 5.64. The molecular formula is C12H25N3O. The second-order valence-electron chi connectivity index (χ2n) is 5.09. The minimum absolute atomic E-state index is 0.00465. The number of carbonyl (C=O) groups excluding carboxylic acids is 1. The molecule has 1 unspecified atom stereocenters. The smallest absolute Gasteiger partial charge is 0.236 e. The van der Waals surface area contributed by atoms with E-state index in [1.807, 2.05) is 6.92 Å². The standard InChI is InChI=1S/C12H25N3O/c1-4-6-10(13)11(16)14-9-12(15(2)3)7-5-8-12/h10H,4-9,13H2,1-3H3,(H,14,16). The van der Waals surface area contributed by atoms with Gasteiger partial charge in [0.15, 0.2) is 0 Å². The van der Waals surface area contributed by atoms with Crippen LogP contribution in [0.5, 0.6) is 0 Å². The number of amides is 1. The number of nitrogens with one attached hydrogen (secondary N) is 1. The summed E-state index contributed by atoms with van der Waals surface area (Å²) in [7, 11) is 4.16. The molecule has 1 amide bonds. The average molecular weight is 227 g/mol. The molecule has 94 valence electrons. The van der Waals surface area contributed by atoms with Gasteiger partial charge in [-0.3, -0.25) is 4.79 Å². The summed E-state index contributed by atoms with van der Waals surface area (Å²) >= 11 is 0. The Kier molecular flexibility index (Phi) is 4.74. The van der Waals surface area contributed by atoms with Crippen LogP contribution in [0, 0.1) is 0 Å². The molecule has 1 saturated carbocycles. The normalized spacial score (nSPS) is 20.3. The number of carbonyl (C=O) groups is 1. The van der Waals surface area contributed by atoms with E-state index in [-0.39, 0.29) is 17.5 Å². The van der Waals surface area contributed by atoms with Crippen molar-refractivity contribution in [2.24, 2.45) is 5.73 Å². The topological polar surface area (TPSA) is 58.4 Å². The summed E-state index contributed by atoms with van der Waals surface area (Å²) in [5.74, 6) is -0.00465. The third-order valence-corrected chi connectivity index (χ3v) is 3.76. The lowest BCUT2D eigenvalue weighted by molar-refractivity contribution is -0.123. The third kappa shape index (κ3) is 2.95. The summed E-state index contributed by atoms with van der Waals surface area (Å²) in [5, 5.41) is 2.99. The van der Waals surface area contributed by atoms with Crippen LogP contribution < -0.4 is 11.1 Å². The maximum Gasteiger partial charge on any atom is 0.236 e. The van der Waals surface area contributed by atoms with E-state index in [0.717, 1.165) is 19.4 Å². The summed E-state index contributed by atoms with van der Waals surface area (Å²) in [4.78, 5) is 13.9. The molecule has 1 aliphatic carbocycles. The summed E-state index contributed by atoms with van der Waals surface area (Å²) < 4.78 is 0. The highest BCUT2D eigenvalue weighted by Gasteiger charge is 2.39. The first kappa shape index (κ1) is 13.5. The molecule has 0 bridgehead atoms. The van der Waals surface area contributed by atoms with Crippen molar-refractivity contribution in [3.8, 4) is 0 Å². The minimum Gasteiger partial charge on any atom is -0.353 e. The van der Waals surface area contributed by atoms with E-state index in [9.17, 15) is 4.79 Å². The Morgan fingerprint density at radius 1 is 1.50 bits per heavy atom. The van der Waals surface area contributed by atoms with Gasteiger partial charge in [-0.15, -0.1) is 0 Å². The first-order valence-corrected chi connectivity index (χ1v) is 6.22. The Morgan fingerprint density at radius 3 is 2.50 bits per heavy atom. The van der Waals surface area contributed by atoms with Crippen molar-refractivity contribution in [2.45, 2.75) is 50.6 Å². The van der Waals surface area contributed by atoms with Gasteiger partial charge in [0.05, 0.1) is 6.04 Å². The molecule has 4 nitrogen and oxygen atoms in total. The number of rotatable bonds is 6. The van der Waals surface area contributed by atoms with Crippen LogP contribution >= 0.6 is 0 Å². The number of hydrogen-bond acceptors (Lipinski definition) is 3. The maximum atomic E-state index is 11.7. The summed E-state index contributed by atoms with van der Waals surface area (Å²) in [5.41, 5.74) is 5.95. The summed E-state index contributed by atoms with van der Waals surface area (Å²) in [6, 6.07) is -0.343. The second-order valence-corrected chi connectivity index (χ2v) is 5.09. The van der Waals surface area contributed by atoms with E-state index >= 15 is 0 Å². The van der Waals surface area contributed by atoms with Crippen molar-refractivity contribution in [3.05, 3.63) is 0 Å². The van der Waals surface area contributed by atoms with E-state index in [1.165, 1.54) is 19.3 Å². The van der Waals surface area contributed by atoms with Gasteiger partial charge in [0.2, 0.25) is 5.91 Å². The van der Waals surface area contributed by atoms with Crippen LogP contribution in [-0.4, -0.2) is 43.0 Å². The van der Waals surface area contributed by atoms with Crippen LogP contribution in [-0.2, 0) is 4.79 Å². The van der Waals surface area contributed by atoms with Gasteiger partial charge >= 0.3 is 0 Å². The van der Waals surface area contributed by atoms with Gasteiger partial charge in [-0.2, -0.15) is 0 Å². The fraction of sp³-hybridized carbons (Fsp3) is 0.917. The van der Waals surface area contributed by atoms with Crippen LogP contribution in [0.25, 0.3) is 0 Å². The highest BCUT2D eigenvalue weighted by atomic mass is 16.2. The van der Waals surface area contributed by atoms with Crippen LogP contribution in [0.1, 0.15) is 39.0 Å². The molecule has 0 radical (unpaired) electrons. The fourth-order valence-electron chi connectivity index (χ4n) is 2.19. The molecule has 1 rings (SSSR count). The van der Waals surface area contributed by atoms with Gasteiger partial charge in [0.1, 0.15) is 0 Å². The van der Waals surface area contributed by atoms with Crippen LogP contribution in [0.4, 0.5) is 0 Å². The van der Waals surface area contributed by atoms with Crippen molar-refractivity contribution >= 4 is 5.91 Å².